The average Bonchev–Trinajstić information content (AvgIpc) is 2.78. The number of halogens is 2. The minimum Gasteiger partial charge on any atom is -0.253 e. The van der Waals surface area contributed by atoms with Gasteiger partial charge in [0.25, 0.3) is 10.0 Å². The SMILES string of the molecule is O=S(=O)(Nc1nncs1)c1cc(Cl)c(Br)s1. The zero-order valence-electron chi connectivity index (χ0n) is 7.35. The lowest BCUT2D eigenvalue weighted by atomic mass is 10.7. The van der Waals surface area contributed by atoms with Gasteiger partial charge in [0.05, 0.1) is 8.81 Å². The van der Waals surface area contributed by atoms with Gasteiger partial charge in [0.2, 0.25) is 5.13 Å². The summed E-state index contributed by atoms with van der Waals surface area (Å²) in [5.41, 5.74) is 1.44. The largest absolute Gasteiger partial charge is 0.273 e. The van der Waals surface area contributed by atoms with E-state index in [0.717, 1.165) is 22.7 Å². The van der Waals surface area contributed by atoms with E-state index in [-0.39, 0.29) is 9.34 Å². The summed E-state index contributed by atoms with van der Waals surface area (Å²) in [5, 5.41) is 7.71. The van der Waals surface area contributed by atoms with Crippen LogP contribution in [-0.2, 0) is 10.0 Å². The topological polar surface area (TPSA) is 72.0 Å². The van der Waals surface area contributed by atoms with Crippen LogP contribution in [0.3, 0.4) is 0 Å². The van der Waals surface area contributed by atoms with Crippen molar-refractivity contribution in [1.29, 1.82) is 0 Å². The van der Waals surface area contributed by atoms with Crippen LogP contribution in [0, 0.1) is 0 Å². The first-order valence-corrected chi connectivity index (χ1v) is 8.08. The normalized spacial score (nSPS) is 11.6. The predicted octanol–water partition coefficient (Wildman–Crippen LogP) is 2.82. The molecule has 2 heterocycles. The van der Waals surface area contributed by atoms with Crippen LogP contribution in [0.4, 0.5) is 5.13 Å². The van der Waals surface area contributed by atoms with E-state index in [9.17, 15) is 8.42 Å². The minimum absolute atomic E-state index is 0.125. The van der Waals surface area contributed by atoms with Gasteiger partial charge >= 0.3 is 0 Å². The molecule has 0 spiro atoms. The van der Waals surface area contributed by atoms with Crippen molar-refractivity contribution in [2.45, 2.75) is 4.21 Å². The van der Waals surface area contributed by atoms with Crippen molar-refractivity contribution in [2.75, 3.05) is 4.72 Å². The van der Waals surface area contributed by atoms with Crippen molar-refractivity contribution in [3.8, 4) is 0 Å². The van der Waals surface area contributed by atoms with Crippen LogP contribution < -0.4 is 4.72 Å². The average molecular weight is 361 g/mol. The smallest absolute Gasteiger partial charge is 0.253 e. The second kappa shape index (κ2) is 4.57. The first kappa shape index (κ1) is 12.2. The lowest BCUT2D eigenvalue weighted by molar-refractivity contribution is 0.603. The predicted molar refractivity (Wildman–Crippen MR) is 67.7 cm³/mol. The third kappa shape index (κ3) is 2.54. The summed E-state index contributed by atoms with van der Waals surface area (Å²) in [6.07, 6.45) is 0. The van der Waals surface area contributed by atoms with Gasteiger partial charge in [0, 0.05) is 0 Å². The molecular formula is C6H3BrClN3O2S3. The van der Waals surface area contributed by atoms with Crippen LogP contribution >= 0.6 is 50.2 Å². The van der Waals surface area contributed by atoms with Crippen LogP contribution in [0.15, 0.2) is 19.6 Å². The molecule has 0 amide bonds. The lowest BCUT2D eigenvalue weighted by Gasteiger charge is -2.00. The van der Waals surface area contributed by atoms with Crippen LogP contribution in [-0.4, -0.2) is 18.6 Å². The van der Waals surface area contributed by atoms with Gasteiger partial charge in [-0.3, -0.25) is 4.72 Å². The maximum absolute atomic E-state index is 11.8. The van der Waals surface area contributed by atoms with Gasteiger partial charge < -0.3 is 0 Å². The first-order valence-electron chi connectivity index (χ1n) is 3.73. The molecule has 0 aromatic carbocycles. The van der Waals surface area contributed by atoms with Crippen LogP contribution in [0.25, 0.3) is 0 Å². The summed E-state index contributed by atoms with van der Waals surface area (Å²) in [6, 6.07) is 1.37. The molecule has 1 N–H and O–H groups in total. The van der Waals surface area contributed by atoms with E-state index in [2.05, 4.69) is 30.8 Å². The molecule has 0 bridgehead atoms. The van der Waals surface area contributed by atoms with Gasteiger partial charge in [-0.05, 0) is 22.0 Å². The van der Waals surface area contributed by atoms with E-state index < -0.39 is 10.0 Å². The molecule has 0 saturated heterocycles. The molecule has 0 saturated carbocycles. The molecule has 0 fully saturated rings. The number of nitrogens with one attached hydrogen (secondary N) is 1. The van der Waals surface area contributed by atoms with Crippen LogP contribution in [0.1, 0.15) is 0 Å². The Balaban J connectivity index is 2.32. The number of anilines is 1. The lowest BCUT2D eigenvalue weighted by Crippen LogP contribution is -2.11. The second-order valence-electron chi connectivity index (χ2n) is 2.54. The molecule has 86 valence electrons. The zero-order chi connectivity index (χ0) is 11.8. The van der Waals surface area contributed by atoms with E-state index in [4.69, 9.17) is 11.6 Å². The standard InChI is InChI=1S/C6H3BrClN3O2S3/c7-5-3(8)1-4(15-5)16(12,13)11-6-10-9-2-14-6/h1-2H,(H,10,11). The Morgan fingerprint density at radius 2 is 2.25 bits per heavy atom. The molecule has 0 radical (unpaired) electrons. The monoisotopic (exact) mass is 359 g/mol. The summed E-state index contributed by atoms with van der Waals surface area (Å²) in [5.74, 6) is 0. The maximum atomic E-state index is 11.8. The van der Waals surface area contributed by atoms with Crippen LogP contribution in [0.5, 0.6) is 0 Å². The van der Waals surface area contributed by atoms with Crippen LogP contribution in [0.2, 0.25) is 5.02 Å². The van der Waals surface area contributed by atoms with E-state index in [1.807, 2.05) is 0 Å². The highest BCUT2D eigenvalue weighted by molar-refractivity contribution is 9.11. The van der Waals surface area contributed by atoms with E-state index in [1.165, 1.54) is 11.6 Å². The Kier molecular flexibility index (Phi) is 3.50. The van der Waals surface area contributed by atoms with Crippen molar-refractivity contribution in [1.82, 2.24) is 10.2 Å². The number of sulfonamides is 1. The summed E-state index contributed by atoms with van der Waals surface area (Å²) in [4.78, 5) is 0. The molecule has 0 aliphatic rings. The van der Waals surface area contributed by atoms with Gasteiger partial charge in [-0.15, -0.1) is 21.5 Å². The molecule has 2 aromatic rings. The van der Waals surface area contributed by atoms with E-state index in [1.54, 1.807) is 0 Å². The van der Waals surface area contributed by atoms with Crippen molar-refractivity contribution in [3.05, 3.63) is 20.4 Å². The first-order chi connectivity index (χ1) is 7.49. The van der Waals surface area contributed by atoms with Gasteiger partial charge in [-0.1, -0.05) is 22.9 Å². The van der Waals surface area contributed by atoms with Crippen molar-refractivity contribution >= 4 is 65.4 Å². The fourth-order valence-electron chi connectivity index (χ4n) is 0.842. The highest BCUT2D eigenvalue weighted by Crippen LogP contribution is 2.35. The number of aromatic nitrogens is 2. The van der Waals surface area contributed by atoms with Gasteiger partial charge in [0.1, 0.15) is 9.72 Å². The molecule has 0 aliphatic carbocycles. The number of rotatable bonds is 3. The third-order valence-corrected chi connectivity index (χ3v) is 6.49. The summed E-state index contributed by atoms with van der Waals surface area (Å²) in [6.45, 7) is 0. The van der Waals surface area contributed by atoms with Crippen molar-refractivity contribution < 1.29 is 8.42 Å². The molecule has 0 unspecified atom stereocenters. The summed E-state index contributed by atoms with van der Waals surface area (Å²) in [7, 11) is -3.62. The number of hydrogen-bond acceptors (Lipinski definition) is 6. The van der Waals surface area contributed by atoms with Crippen molar-refractivity contribution in [2.24, 2.45) is 0 Å². The third-order valence-electron chi connectivity index (χ3n) is 1.47. The van der Waals surface area contributed by atoms with E-state index in [0.29, 0.717) is 8.81 Å². The van der Waals surface area contributed by atoms with Crippen molar-refractivity contribution in [3.63, 3.8) is 0 Å². The molecule has 16 heavy (non-hydrogen) atoms. The zero-order valence-corrected chi connectivity index (χ0v) is 12.1. The number of thiophene rings is 1. The Labute approximate surface area is 113 Å². The Morgan fingerprint density at radius 3 is 2.75 bits per heavy atom. The molecule has 2 rings (SSSR count). The fraction of sp³-hybridized carbons (Fsp3) is 0. The number of hydrogen-bond donors (Lipinski definition) is 1. The second-order valence-corrected chi connectivity index (χ2v) is 8.06. The Morgan fingerprint density at radius 1 is 1.50 bits per heavy atom. The summed E-state index contributed by atoms with van der Waals surface area (Å²) >= 11 is 11.1. The molecule has 0 aliphatic heterocycles. The number of nitrogens with zero attached hydrogens (tertiary/aromatic N) is 2. The summed E-state index contributed by atoms with van der Waals surface area (Å²) < 4.78 is 26.7. The Hall–Kier alpha value is -0.220. The highest BCUT2D eigenvalue weighted by atomic mass is 79.9. The molecule has 5 nitrogen and oxygen atoms in total. The van der Waals surface area contributed by atoms with E-state index >= 15 is 0 Å². The van der Waals surface area contributed by atoms with Gasteiger partial charge in [0.15, 0.2) is 0 Å². The molecule has 2 aromatic heterocycles. The quantitative estimate of drug-likeness (QED) is 0.913. The van der Waals surface area contributed by atoms with Gasteiger partial charge in [-0.2, -0.15) is 0 Å². The Bertz CT molecular complexity index is 575. The molecule has 10 heteroatoms. The molecular weight excluding hydrogens is 358 g/mol. The van der Waals surface area contributed by atoms with Gasteiger partial charge in [-0.25, -0.2) is 8.42 Å². The highest BCUT2D eigenvalue weighted by Gasteiger charge is 2.20. The maximum Gasteiger partial charge on any atom is 0.273 e. The minimum atomic E-state index is -3.62. The fourth-order valence-corrected chi connectivity index (χ4v) is 4.93. The molecule has 0 atom stereocenters.